The van der Waals surface area contributed by atoms with E-state index < -0.39 is 35.1 Å². The SMILES string of the molecule is C#C[C@@H](Nc1nc(=O)n(C)c2c(OC)nc([C@@]3(OC)CCN(C(C)=O)C3)cc12)c1cccc(C(F)F)c1F. The van der Waals surface area contributed by atoms with Crippen LogP contribution < -0.4 is 15.7 Å². The highest BCUT2D eigenvalue weighted by Gasteiger charge is 2.43. The Morgan fingerprint density at radius 1 is 1.26 bits per heavy atom. The molecule has 3 heterocycles. The molecular formula is C26H26F3N5O4. The van der Waals surface area contributed by atoms with E-state index in [0.717, 1.165) is 6.07 Å². The van der Waals surface area contributed by atoms with Crippen molar-refractivity contribution in [1.29, 1.82) is 0 Å². The van der Waals surface area contributed by atoms with Crippen molar-refractivity contribution in [2.24, 2.45) is 7.05 Å². The number of carbonyl (C=O) groups excluding carboxylic acids is 1. The summed E-state index contributed by atoms with van der Waals surface area (Å²) < 4.78 is 54.1. The molecule has 0 aliphatic carbocycles. The first-order valence-corrected chi connectivity index (χ1v) is 11.6. The number of amides is 1. The maximum Gasteiger partial charge on any atom is 0.349 e. The van der Waals surface area contributed by atoms with Crippen molar-refractivity contribution in [1.82, 2.24) is 19.4 Å². The van der Waals surface area contributed by atoms with E-state index in [0.29, 0.717) is 24.0 Å². The first-order valence-electron chi connectivity index (χ1n) is 11.6. The highest BCUT2D eigenvalue weighted by atomic mass is 19.3. The Morgan fingerprint density at radius 3 is 2.55 bits per heavy atom. The number of hydrogen-bond acceptors (Lipinski definition) is 7. The summed E-state index contributed by atoms with van der Waals surface area (Å²) in [6.45, 7) is 2.14. The van der Waals surface area contributed by atoms with Gasteiger partial charge in [-0.2, -0.15) is 4.98 Å². The number of hydrogen-bond donors (Lipinski definition) is 1. The molecule has 38 heavy (non-hydrogen) atoms. The van der Waals surface area contributed by atoms with Crippen molar-refractivity contribution in [2.45, 2.75) is 31.4 Å². The van der Waals surface area contributed by atoms with Gasteiger partial charge in [0.15, 0.2) is 0 Å². The second-order valence-electron chi connectivity index (χ2n) is 8.90. The summed E-state index contributed by atoms with van der Waals surface area (Å²) in [5.41, 5.74) is -1.97. The van der Waals surface area contributed by atoms with E-state index in [1.807, 2.05) is 0 Å². The third-order valence-corrected chi connectivity index (χ3v) is 6.83. The lowest BCUT2D eigenvalue weighted by atomic mass is 9.96. The zero-order chi connectivity index (χ0) is 27.8. The van der Waals surface area contributed by atoms with E-state index in [1.54, 1.807) is 11.0 Å². The second-order valence-corrected chi connectivity index (χ2v) is 8.90. The Morgan fingerprint density at radius 2 is 1.97 bits per heavy atom. The van der Waals surface area contributed by atoms with Gasteiger partial charge in [-0.25, -0.2) is 22.9 Å². The fourth-order valence-electron chi connectivity index (χ4n) is 4.67. The number of halogens is 3. The van der Waals surface area contributed by atoms with Gasteiger partial charge >= 0.3 is 5.69 Å². The molecular weight excluding hydrogens is 503 g/mol. The third kappa shape index (κ3) is 4.54. The van der Waals surface area contributed by atoms with Crippen LogP contribution in [0.15, 0.2) is 29.1 Å². The summed E-state index contributed by atoms with van der Waals surface area (Å²) in [7, 11) is 4.37. The average molecular weight is 530 g/mol. The Labute approximate surface area is 216 Å². The highest BCUT2D eigenvalue weighted by Crippen LogP contribution is 2.39. The number of pyridine rings is 1. The van der Waals surface area contributed by atoms with E-state index in [4.69, 9.17) is 15.9 Å². The molecule has 0 unspecified atom stereocenters. The summed E-state index contributed by atoms with van der Waals surface area (Å²) in [6.07, 6.45) is 3.07. The standard InChI is InChI=1S/C26H26F3N5O4/c1-6-18(15-8-7-9-16(20(15)27)22(28)29)30-23-17-12-19(26(38-5)10-11-34(13-26)14(2)35)31-24(37-4)21(17)33(3)25(36)32-23/h1,7-9,12,18,22H,10-11,13H2,2-5H3,(H,30,32,36)/t18-,26-/m1/s1. The molecule has 1 saturated heterocycles. The Balaban J connectivity index is 1.90. The molecule has 0 radical (unpaired) electrons. The van der Waals surface area contributed by atoms with Gasteiger partial charge in [0, 0.05) is 45.0 Å². The van der Waals surface area contributed by atoms with Crippen molar-refractivity contribution in [2.75, 3.05) is 32.6 Å². The van der Waals surface area contributed by atoms with Crippen LogP contribution in [0.4, 0.5) is 19.0 Å². The van der Waals surface area contributed by atoms with E-state index >= 15 is 0 Å². The number of likely N-dealkylation sites (tertiary alicyclic amines) is 1. The van der Waals surface area contributed by atoms with Crippen molar-refractivity contribution in [3.05, 3.63) is 57.4 Å². The van der Waals surface area contributed by atoms with E-state index in [-0.39, 0.29) is 35.2 Å². The lowest BCUT2D eigenvalue weighted by Crippen LogP contribution is -2.35. The van der Waals surface area contributed by atoms with Gasteiger partial charge in [-0.3, -0.25) is 9.36 Å². The average Bonchev–Trinajstić information content (AvgIpc) is 3.36. The number of rotatable bonds is 7. The van der Waals surface area contributed by atoms with Gasteiger partial charge < -0.3 is 19.7 Å². The molecule has 2 atom stereocenters. The molecule has 200 valence electrons. The normalized spacial score (nSPS) is 18.0. The largest absolute Gasteiger partial charge is 0.479 e. The van der Waals surface area contributed by atoms with Crippen molar-refractivity contribution < 1.29 is 27.4 Å². The van der Waals surface area contributed by atoms with Gasteiger partial charge in [0.25, 0.3) is 6.43 Å². The number of nitrogens with zero attached hydrogens (tertiary/aromatic N) is 4. The summed E-state index contributed by atoms with van der Waals surface area (Å²) in [6, 6.07) is 3.93. The summed E-state index contributed by atoms with van der Waals surface area (Å²) in [5, 5.41) is 3.20. The van der Waals surface area contributed by atoms with Gasteiger partial charge in [-0.1, -0.05) is 24.1 Å². The monoisotopic (exact) mass is 529 g/mol. The number of terminal acetylenes is 1. The van der Waals surface area contributed by atoms with Gasteiger partial charge in [-0.15, -0.1) is 6.42 Å². The number of methoxy groups -OCH3 is 2. The Kier molecular flexibility index (Phi) is 7.33. The molecule has 1 aliphatic heterocycles. The molecule has 1 aromatic carbocycles. The number of ether oxygens (including phenoxy) is 2. The Bertz CT molecular complexity index is 1500. The third-order valence-electron chi connectivity index (χ3n) is 6.83. The van der Waals surface area contributed by atoms with Gasteiger partial charge in [0.1, 0.15) is 28.8 Å². The van der Waals surface area contributed by atoms with Crippen LogP contribution in [-0.4, -0.2) is 52.7 Å². The highest BCUT2D eigenvalue weighted by molar-refractivity contribution is 5.93. The lowest BCUT2D eigenvalue weighted by Gasteiger charge is -2.28. The number of aryl methyl sites for hydroxylation is 1. The first kappa shape index (κ1) is 26.9. The molecule has 2 aromatic heterocycles. The van der Waals surface area contributed by atoms with Crippen LogP contribution in [0.3, 0.4) is 0 Å². The summed E-state index contributed by atoms with van der Waals surface area (Å²) in [4.78, 5) is 35.1. The molecule has 4 rings (SSSR count). The van der Waals surface area contributed by atoms with Crippen LogP contribution in [0.1, 0.15) is 42.6 Å². The van der Waals surface area contributed by atoms with Crippen LogP contribution in [0, 0.1) is 18.2 Å². The molecule has 1 amide bonds. The quantitative estimate of drug-likeness (QED) is 0.469. The number of fused-ring (bicyclic) bond motifs is 1. The molecule has 3 aromatic rings. The predicted octanol–water partition coefficient (Wildman–Crippen LogP) is 3.29. The number of alkyl halides is 2. The van der Waals surface area contributed by atoms with Gasteiger partial charge in [0.2, 0.25) is 11.8 Å². The lowest BCUT2D eigenvalue weighted by molar-refractivity contribution is -0.129. The van der Waals surface area contributed by atoms with E-state index in [9.17, 15) is 22.8 Å². The van der Waals surface area contributed by atoms with Crippen LogP contribution in [0.25, 0.3) is 10.9 Å². The molecule has 0 saturated carbocycles. The minimum atomic E-state index is -3.04. The Hall–Kier alpha value is -4.11. The first-order chi connectivity index (χ1) is 18.1. The number of benzene rings is 1. The minimum Gasteiger partial charge on any atom is -0.479 e. The zero-order valence-corrected chi connectivity index (χ0v) is 21.2. The van der Waals surface area contributed by atoms with Crippen molar-refractivity contribution in [3.63, 3.8) is 0 Å². The number of aromatic nitrogens is 3. The van der Waals surface area contributed by atoms with Gasteiger partial charge in [-0.05, 0) is 6.07 Å². The molecule has 0 spiro atoms. The van der Waals surface area contributed by atoms with Crippen molar-refractivity contribution in [3.8, 4) is 18.2 Å². The van der Waals surface area contributed by atoms with Gasteiger partial charge in [0.05, 0.1) is 24.9 Å². The zero-order valence-electron chi connectivity index (χ0n) is 21.2. The fraction of sp³-hybridized carbons (Fsp3) is 0.385. The van der Waals surface area contributed by atoms with Crippen LogP contribution in [0.2, 0.25) is 0 Å². The molecule has 9 nitrogen and oxygen atoms in total. The number of carbonyl (C=O) groups is 1. The maximum atomic E-state index is 14.9. The summed E-state index contributed by atoms with van der Waals surface area (Å²) >= 11 is 0. The number of nitrogens with one attached hydrogen (secondary N) is 1. The van der Waals surface area contributed by atoms with Crippen molar-refractivity contribution >= 4 is 22.6 Å². The van der Waals surface area contributed by atoms with Crippen LogP contribution >= 0.6 is 0 Å². The summed E-state index contributed by atoms with van der Waals surface area (Å²) in [5.74, 6) is 1.14. The molecule has 1 N–H and O–H groups in total. The number of anilines is 1. The molecule has 12 heteroatoms. The van der Waals surface area contributed by atoms with Crippen LogP contribution in [-0.2, 0) is 22.2 Å². The van der Waals surface area contributed by atoms with E-state index in [2.05, 4.69) is 21.2 Å². The molecule has 1 fully saturated rings. The predicted molar refractivity (Wildman–Crippen MR) is 133 cm³/mol. The fourth-order valence-corrected chi connectivity index (χ4v) is 4.67. The minimum absolute atomic E-state index is 0.0254. The molecule has 0 bridgehead atoms. The van der Waals surface area contributed by atoms with E-state index in [1.165, 1.54) is 44.9 Å². The van der Waals surface area contributed by atoms with Crippen LogP contribution in [0.5, 0.6) is 5.88 Å². The maximum absolute atomic E-state index is 14.9. The topological polar surface area (TPSA) is 98.6 Å². The second kappa shape index (κ2) is 10.3. The smallest absolute Gasteiger partial charge is 0.349 e. The molecule has 1 aliphatic rings.